The maximum Gasteiger partial charge on any atom is 0.246 e. The first-order valence-corrected chi connectivity index (χ1v) is 14.4. The number of nitrogens with zero attached hydrogens (tertiary/aromatic N) is 1. The van der Waals surface area contributed by atoms with Gasteiger partial charge in [-0.15, -0.1) is 0 Å². The van der Waals surface area contributed by atoms with Gasteiger partial charge in [0.15, 0.2) is 0 Å². The summed E-state index contributed by atoms with van der Waals surface area (Å²) < 4.78 is 2.44. The lowest BCUT2D eigenvalue weighted by Crippen LogP contribution is -2.40. The first kappa shape index (κ1) is 26.5. The number of carbonyl (C=O) groups is 2. The van der Waals surface area contributed by atoms with E-state index in [1.807, 2.05) is 0 Å². The summed E-state index contributed by atoms with van der Waals surface area (Å²) >= 11 is 0. The molecule has 6 heteroatoms. The van der Waals surface area contributed by atoms with Gasteiger partial charge in [-0.25, -0.2) is 5.48 Å². The van der Waals surface area contributed by atoms with E-state index < -0.39 is 0 Å². The average molecular weight is 516 g/mol. The average Bonchev–Trinajstić information content (AvgIpc) is 3.30. The van der Waals surface area contributed by atoms with Gasteiger partial charge >= 0.3 is 0 Å². The van der Waals surface area contributed by atoms with Crippen molar-refractivity contribution in [1.29, 1.82) is 0 Å². The van der Waals surface area contributed by atoms with Crippen LogP contribution >= 0.6 is 0 Å². The first-order valence-electron chi connectivity index (χ1n) is 14.4. The third-order valence-electron chi connectivity index (χ3n) is 8.78. The van der Waals surface area contributed by atoms with Crippen molar-refractivity contribution in [2.75, 3.05) is 0 Å². The Balaban J connectivity index is 1.39. The number of fused-ring (bicyclic) bond motifs is 1. The Hall–Kier alpha value is -3.12. The number of para-hydroxylation sites is 1. The second-order valence-electron chi connectivity index (χ2n) is 11.5. The molecule has 2 aliphatic carbocycles. The predicted molar refractivity (Wildman–Crippen MR) is 150 cm³/mol. The third kappa shape index (κ3) is 6.12. The van der Waals surface area contributed by atoms with E-state index in [0.29, 0.717) is 19.3 Å². The van der Waals surface area contributed by atoms with Crippen molar-refractivity contribution in [1.82, 2.24) is 15.4 Å². The van der Waals surface area contributed by atoms with E-state index in [-0.39, 0.29) is 29.7 Å². The van der Waals surface area contributed by atoms with E-state index in [9.17, 15) is 9.59 Å². The number of aryl methyl sites for hydroxylation is 1. The van der Waals surface area contributed by atoms with E-state index in [1.54, 1.807) is 5.48 Å². The van der Waals surface area contributed by atoms with Crippen LogP contribution in [0.1, 0.15) is 86.8 Å². The minimum absolute atomic E-state index is 0.0380. The maximum atomic E-state index is 13.4. The van der Waals surface area contributed by atoms with Crippen LogP contribution in [-0.2, 0) is 16.1 Å². The van der Waals surface area contributed by atoms with Crippen LogP contribution in [0.5, 0.6) is 0 Å². The lowest BCUT2D eigenvalue weighted by molar-refractivity contribution is -0.134. The van der Waals surface area contributed by atoms with E-state index in [2.05, 4.69) is 71.5 Å². The highest BCUT2D eigenvalue weighted by Crippen LogP contribution is 2.37. The van der Waals surface area contributed by atoms with Crippen LogP contribution in [0, 0.1) is 18.8 Å². The molecule has 5 rings (SSSR count). The molecule has 3 aromatic rings. The number of rotatable bonds is 8. The van der Waals surface area contributed by atoms with Crippen LogP contribution in [0.15, 0.2) is 54.7 Å². The van der Waals surface area contributed by atoms with Crippen molar-refractivity contribution < 1.29 is 14.8 Å². The SMILES string of the molecule is Cc1cccc(C(CC(=O)NC2CCC(C(=O)NO)CC2)c2cn(CC3CCCCC3)c3ccccc23)c1. The molecule has 1 heterocycles. The van der Waals surface area contributed by atoms with Crippen LogP contribution in [0.2, 0.25) is 0 Å². The highest BCUT2D eigenvalue weighted by atomic mass is 16.5. The lowest BCUT2D eigenvalue weighted by atomic mass is 9.84. The molecule has 1 aromatic heterocycles. The van der Waals surface area contributed by atoms with Crippen molar-refractivity contribution >= 4 is 22.7 Å². The fraction of sp³-hybridized carbons (Fsp3) is 0.500. The summed E-state index contributed by atoms with van der Waals surface area (Å²) in [6.45, 7) is 3.14. The minimum atomic E-state index is -0.320. The molecule has 2 fully saturated rings. The molecule has 6 nitrogen and oxygen atoms in total. The van der Waals surface area contributed by atoms with Crippen molar-refractivity contribution in [3.05, 3.63) is 71.4 Å². The number of hydrogen-bond acceptors (Lipinski definition) is 3. The van der Waals surface area contributed by atoms with Gasteiger partial charge in [0.05, 0.1) is 0 Å². The molecule has 1 unspecified atom stereocenters. The summed E-state index contributed by atoms with van der Waals surface area (Å²) in [6, 6.07) is 17.3. The van der Waals surface area contributed by atoms with Gasteiger partial charge in [-0.05, 0) is 68.6 Å². The predicted octanol–water partition coefficient (Wildman–Crippen LogP) is 6.23. The Morgan fingerprint density at radius 1 is 0.974 bits per heavy atom. The first-order chi connectivity index (χ1) is 18.5. The lowest BCUT2D eigenvalue weighted by Gasteiger charge is -2.28. The highest BCUT2D eigenvalue weighted by Gasteiger charge is 2.29. The topological polar surface area (TPSA) is 83.4 Å². The Kier molecular flexibility index (Phi) is 8.48. The van der Waals surface area contributed by atoms with E-state index in [4.69, 9.17) is 5.21 Å². The largest absolute Gasteiger partial charge is 0.353 e. The van der Waals surface area contributed by atoms with Gasteiger partial charge in [0, 0.05) is 47.9 Å². The van der Waals surface area contributed by atoms with Crippen LogP contribution in [0.25, 0.3) is 10.9 Å². The molecule has 0 radical (unpaired) electrons. The molecule has 38 heavy (non-hydrogen) atoms. The molecule has 2 aliphatic rings. The van der Waals surface area contributed by atoms with E-state index >= 15 is 0 Å². The number of nitrogens with one attached hydrogen (secondary N) is 2. The van der Waals surface area contributed by atoms with Gasteiger partial charge in [0.2, 0.25) is 11.8 Å². The fourth-order valence-electron chi connectivity index (χ4n) is 6.71. The molecule has 2 amide bonds. The molecular weight excluding hydrogens is 474 g/mol. The Labute approximate surface area is 225 Å². The molecule has 3 N–H and O–H groups in total. The van der Waals surface area contributed by atoms with Crippen LogP contribution < -0.4 is 10.8 Å². The number of hydrogen-bond donors (Lipinski definition) is 3. The quantitative estimate of drug-likeness (QED) is 0.246. The fourth-order valence-corrected chi connectivity index (χ4v) is 6.71. The Morgan fingerprint density at radius 3 is 2.47 bits per heavy atom. The van der Waals surface area contributed by atoms with Crippen molar-refractivity contribution in [3.63, 3.8) is 0 Å². The number of aromatic nitrogens is 1. The Bertz CT molecular complexity index is 1250. The Morgan fingerprint density at radius 2 is 1.74 bits per heavy atom. The van der Waals surface area contributed by atoms with Crippen molar-refractivity contribution in [2.45, 2.75) is 89.6 Å². The summed E-state index contributed by atoms with van der Waals surface area (Å²) in [5, 5.41) is 13.4. The monoisotopic (exact) mass is 515 g/mol. The zero-order valence-electron chi connectivity index (χ0n) is 22.5. The van der Waals surface area contributed by atoms with E-state index in [1.165, 1.54) is 59.7 Å². The minimum Gasteiger partial charge on any atom is -0.353 e. The zero-order chi connectivity index (χ0) is 26.5. The molecule has 0 bridgehead atoms. The summed E-state index contributed by atoms with van der Waals surface area (Å²) in [7, 11) is 0. The molecule has 0 aliphatic heterocycles. The third-order valence-corrected chi connectivity index (χ3v) is 8.78. The zero-order valence-corrected chi connectivity index (χ0v) is 22.5. The van der Waals surface area contributed by atoms with Crippen molar-refractivity contribution in [2.24, 2.45) is 11.8 Å². The molecule has 1 atom stereocenters. The van der Waals surface area contributed by atoms with Crippen LogP contribution in [0.3, 0.4) is 0 Å². The van der Waals surface area contributed by atoms with Gasteiger partial charge in [0.1, 0.15) is 0 Å². The van der Waals surface area contributed by atoms with Crippen molar-refractivity contribution in [3.8, 4) is 0 Å². The number of carbonyl (C=O) groups excluding carboxylic acids is 2. The second kappa shape index (κ2) is 12.2. The summed E-state index contributed by atoms with van der Waals surface area (Å²) in [5.41, 5.74) is 6.61. The molecule has 0 spiro atoms. The normalized spacial score (nSPS) is 21.2. The molecule has 2 aromatic carbocycles. The van der Waals surface area contributed by atoms with Crippen LogP contribution in [-0.4, -0.2) is 27.6 Å². The van der Waals surface area contributed by atoms with Gasteiger partial charge in [0.25, 0.3) is 0 Å². The number of benzene rings is 2. The summed E-state index contributed by atoms with van der Waals surface area (Å²) in [6.07, 6.45) is 12.2. The molecule has 0 saturated heterocycles. The second-order valence-corrected chi connectivity index (χ2v) is 11.5. The highest BCUT2D eigenvalue weighted by molar-refractivity contribution is 5.87. The van der Waals surface area contributed by atoms with Gasteiger partial charge in [-0.1, -0.05) is 67.3 Å². The smallest absolute Gasteiger partial charge is 0.246 e. The molecule has 202 valence electrons. The maximum absolute atomic E-state index is 13.4. The number of amides is 2. The van der Waals surface area contributed by atoms with Crippen LogP contribution in [0.4, 0.5) is 0 Å². The van der Waals surface area contributed by atoms with Gasteiger partial charge in [-0.2, -0.15) is 0 Å². The van der Waals surface area contributed by atoms with Gasteiger partial charge in [-0.3, -0.25) is 14.8 Å². The van der Waals surface area contributed by atoms with Gasteiger partial charge < -0.3 is 9.88 Å². The summed E-state index contributed by atoms with van der Waals surface area (Å²) in [4.78, 5) is 25.2. The standard InChI is InChI=1S/C32H41N3O3/c1-22-8-7-11-25(18-22)28(19-31(36)33-26-16-14-24(15-17-26)32(37)34-38)29-21-35(20-23-9-3-2-4-10-23)30-13-6-5-12-27(29)30/h5-8,11-13,18,21,23-24,26,28,38H,2-4,9-10,14-17,19-20H2,1H3,(H,33,36)(H,34,37). The molecule has 2 saturated carbocycles. The molecular formula is C32H41N3O3. The summed E-state index contributed by atoms with van der Waals surface area (Å²) in [5.74, 6) is 0.234. The van der Waals surface area contributed by atoms with E-state index in [0.717, 1.165) is 25.3 Å². The number of hydroxylamine groups is 1.